The predicted octanol–water partition coefficient (Wildman–Crippen LogP) is 5.54. The third-order valence-electron chi connectivity index (χ3n) is 13.5. The van der Waals surface area contributed by atoms with Gasteiger partial charge in [0.1, 0.15) is 12.2 Å². The molecule has 1 unspecified atom stereocenters. The number of nitrogens with zero attached hydrogens (tertiary/aromatic N) is 2. The summed E-state index contributed by atoms with van der Waals surface area (Å²) in [5, 5.41) is 43.4. The topological polar surface area (TPSA) is 187 Å². The number of anilines is 1. The number of hydrogen-bond donors (Lipinski definition) is 6. The van der Waals surface area contributed by atoms with Gasteiger partial charge >= 0.3 is 6.03 Å². The van der Waals surface area contributed by atoms with E-state index in [2.05, 4.69) is 15.6 Å². The van der Waals surface area contributed by atoms with Gasteiger partial charge < -0.3 is 64.4 Å². The number of nitrogens with one attached hydrogen (secondary N) is 3. The number of benzene rings is 2. The number of para-hydroxylation sites is 1. The van der Waals surface area contributed by atoms with Gasteiger partial charge in [-0.25, -0.2) is 4.79 Å². The fourth-order valence-corrected chi connectivity index (χ4v) is 10.1. The minimum atomic E-state index is -1.62. The van der Waals surface area contributed by atoms with Gasteiger partial charge in [-0.05, 0) is 90.7 Å². The first-order valence-corrected chi connectivity index (χ1v) is 22.7. The number of methoxy groups -OCH3 is 1. The molecule has 0 saturated carbocycles. The van der Waals surface area contributed by atoms with Crippen molar-refractivity contribution in [2.24, 2.45) is 17.8 Å². The maximum absolute atomic E-state index is 14.9. The van der Waals surface area contributed by atoms with Crippen molar-refractivity contribution in [1.82, 2.24) is 20.1 Å². The van der Waals surface area contributed by atoms with Crippen molar-refractivity contribution in [3.05, 3.63) is 65.3 Å². The number of aliphatic hydroxyl groups excluding tert-OH is 2. The smallest absolute Gasteiger partial charge is 0.321 e. The average molecular weight is 901 g/mol. The minimum Gasteiger partial charge on any atom is -0.387 e. The van der Waals surface area contributed by atoms with Gasteiger partial charge in [0.05, 0.1) is 53.3 Å². The largest absolute Gasteiger partial charge is 0.387 e. The Bertz CT molecular complexity index is 1980. The molecule has 3 amide bonds. The first-order valence-electron chi connectivity index (χ1n) is 22.3. The zero-order valence-electron chi connectivity index (χ0n) is 38.4. The Labute approximate surface area is 377 Å². The van der Waals surface area contributed by atoms with Gasteiger partial charge in [0.15, 0.2) is 12.6 Å². The highest BCUT2D eigenvalue weighted by atomic mass is 35.5. The Morgan fingerprint density at radius 1 is 1.00 bits per heavy atom. The molecule has 3 fully saturated rings. The molecule has 15 nitrogen and oxygen atoms in total. The van der Waals surface area contributed by atoms with Crippen LogP contribution in [-0.2, 0) is 34.9 Å². The molecule has 2 aromatic carbocycles. The molecular weight excluding hydrogens is 830 g/mol. The van der Waals surface area contributed by atoms with Crippen LogP contribution in [0.2, 0.25) is 5.02 Å². The van der Waals surface area contributed by atoms with E-state index in [1.807, 2.05) is 76.2 Å². The molecule has 3 saturated heterocycles. The number of ether oxygens (including phenoxy) is 5. The molecule has 6 rings (SSSR count). The summed E-state index contributed by atoms with van der Waals surface area (Å²) < 4.78 is 32.0. The molecule has 6 N–H and O–H groups in total. The Morgan fingerprint density at radius 3 is 2.38 bits per heavy atom. The molecular formula is C47H70ClN5O10. The summed E-state index contributed by atoms with van der Waals surface area (Å²) in [5.74, 6) is -2.28. The van der Waals surface area contributed by atoms with E-state index < -0.39 is 72.2 Å². The lowest BCUT2D eigenvalue weighted by Gasteiger charge is -2.48. The molecule has 0 aliphatic carbocycles. The Kier molecular flexibility index (Phi) is 15.9. The number of hydrogen-bond acceptors (Lipinski definition) is 11. The summed E-state index contributed by atoms with van der Waals surface area (Å²) in [7, 11) is 5.31. The Balaban J connectivity index is 1.41. The van der Waals surface area contributed by atoms with Gasteiger partial charge in [-0.15, -0.1) is 0 Å². The van der Waals surface area contributed by atoms with Crippen molar-refractivity contribution in [1.29, 1.82) is 0 Å². The highest BCUT2D eigenvalue weighted by Gasteiger charge is 2.51. The predicted molar refractivity (Wildman–Crippen MR) is 241 cm³/mol. The van der Waals surface area contributed by atoms with Gasteiger partial charge in [0.25, 0.3) is 0 Å². The number of urea groups is 1. The first kappa shape index (κ1) is 49.1. The van der Waals surface area contributed by atoms with Crippen LogP contribution in [0.1, 0.15) is 73.3 Å². The number of aromatic amines is 1. The second-order valence-electron chi connectivity index (χ2n) is 19.1. The molecule has 63 heavy (non-hydrogen) atoms. The van der Waals surface area contributed by atoms with Crippen LogP contribution >= 0.6 is 11.6 Å². The van der Waals surface area contributed by atoms with Gasteiger partial charge in [-0.3, -0.25) is 4.79 Å². The number of likely N-dealkylation sites (N-methyl/N-ethyl adjacent to an activating group) is 1. The van der Waals surface area contributed by atoms with E-state index in [1.54, 1.807) is 50.9 Å². The molecule has 3 aliphatic heterocycles. The van der Waals surface area contributed by atoms with Crippen LogP contribution in [-0.4, -0.2) is 149 Å². The molecule has 3 aliphatic rings. The third-order valence-corrected chi connectivity index (χ3v) is 13.7. The maximum Gasteiger partial charge on any atom is 0.321 e. The van der Waals surface area contributed by atoms with E-state index in [-0.39, 0.29) is 55.9 Å². The highest BCUT2D eigenvalue weighted by molar-refractivity contribution is 6.30. The lowest BCUT2D eigenvalue weighted by atomic mass is 9.77. The molecule has 0 spiro atoms. The molecule has 350 valence electrons. The Morgan fingerprint density at radius 2 is 1.70 bits per heavy atom. The summed E-state index contributed by atoms with van der Waals surface area (Å²) in [4.78, 5) is 36.2. The molecule has 0 radical (unpaired) electrons. The maximum atomic E-state index is 14.9. The van der Waals surface area contributed by atoms with E-state index in [9.17, 15) is 24.9 Å². The van der Waals surface area contributed by atoms with E-state index in [0.717, 1.165) is 16.5 Å². The van der Waals surface area contributed by atoms with E-state index in [0.29, 0.717) is 23.6 Å². The normalized spacial score (nSPS) is 37.5. The Hall–Kier alpha value is -3.35. The third kappa shape index (κ3) is 11.6. The van der Waals surface area contributed by atoms with Gasteiger partial charge in [-0.1, -0.05) is 62.7 Å². The van der Waals surface area contributed by atoms with Crippen molar-refractivity contribution in [3.8, 4) is 0 Å². The molecule has 15 atom stereocenters. The van der Waals surface area contributed by atoms with E-state index in [1.165, 1.54) is 7.11 Å². The number of carbonyl (C=O) groups is 2. The van der Waals surface area contributed by atoms with E-state index in [4.69, 9.17) is 35.3 Å². The standard InChI is InChI=1S/C47H70ClN5O10/c1-26-21-46(6,58)42(63-44-39(54)37(52(8)9)19-27(2)60-44)28(3)40(62-38-22-47(7,59-10)41(55)30(5)61-38)29(4)43(56)50-33(20-31-15-17-32(48)18-16-31)25-53(24-26)45(57)51-36-23-49-35-14-12-11-13-34(35)36/h11-18,23,26-30,33,37-42,44,49,54-55,58H,19-22,24-25H2,1-10H3,(H,50,56)(H,51,57)/t26-,27-,28+,29-,30+,33?,37+,38+,39-,40+,41+,42-,44+,46-,47-/m1/s1. The monoisotopic (exact) mass is 899 g/mol. The lowest BCUT2D eigenvalue weighted by molar-refractivity contribution is -0.317. The number of halogens is 1. The lowest BCUT2D eigenvalue weighted by Crippen LogP contribution is -2.60. The van der Waals surface area contributed by atoms with Gasteiger partial charge in [0.2, 0.25) is 5.91 Å². The zero-order chi connectivity index (χ0) is 46.0. The number of carbonyl (C=O) groups excluding carboxylic acids is 2. The number of rotatable bonds is 9. The van der Waals surface area contributed by atoms with Gasteiger partial charge in [-0.2, -0.15) is 0 Å². The summed E-state index contributed by atoms with van der Waals surface area (Å²) >= 11 is 6.28. The number of fused-ring (bicyclic) bond motifs is 1. The molecule has 3 aromatic rings. The van der Waals surface area contributed by atoms with Crippen molar-refractivity contribution in [3.63, 3.8) is 0 Å². The second-order valence-corrected chi connectivity index (χ2v) is 19.5. The molecule has 4 heterocycles. The summed E-state index contributed by atoms with van der Waals surface area (Å²) in [6.07, 6.45) is -4.01. The van der Waals surface area contributed by atoms with Crippen LogP contribution < -0.4 is 10.6 Å². The van der Waals surface area contributed by atoms with Crippen molar-refractivity contribution < 1.29 is 48.6 Å². The van der Waals surface area contributed by atoms with Gasteiger partial charge in [0, 0.05) is 60.7 Å². The van der Waals surface area contributed by atoms with E-state index >= 15 is 0 Å². The molecule has 1 aromatic heterocycles. The fourth-order valence-electron chi connectivity index (χ4n) is 9.96. The summed E-state index contributed by atoms with van der Waals surface area (Å²) in [6, 6.07) is 13.8. The van der Waals surface area contributed by atoms with Crippen molar-refractivity contribution in [2.45, 2.75) is 147 Å². The average Bonchev–Trinajstić information content (AvgIpc) is 3.63. The molecule has 16 heteroatoms. The summed E-state index contributed by atoms with van der Waals surface area (Å²) in [6.45, 7) is 13.1. The number of aliphatic hydroxyl groups is 3. The quantitative estimate of drug-likeness (QED) is 0.158. The number of amides is 3. The SMILES string of the molecule is CO[C@]1(C)C[C@H](O[C@H]2[C@H](C)[C@@H](O[C@@H]3O[C@H](C)C[C@H](N(C)C)[C@H]3O)[C@](C)(O)C[C@@H](C)CN(C(=O)Nc3c[nH]c4ccccc34)CC(Cc3ccc(Cl)cc3)NC(=O)[C@@H]2C)O[C@@H](C)[C@@H]1O. The number of H-pyrrole nitrogens is 1. The second kappa shape index (κ2) is 20.4. The van der Waals surface area contributed by atoms with Crippen LogP contribution in [0.5, 0.6) is 0 Å². The zero-order valence-corrected chi connectivity index (χ0v) is 39.2. The van der Waals surface area contributed by atoms with Crippen LogP contribution in [0, 0.1) is 17.8 Å². The van der Waals surface area contributed by atoms with Crippen LogP contribution in [0.25, 0.3) is 10.9 Å². The van der Waals surface area contributed by atoms with Crippen LogP contribution in [0.3, 0.4) is 0 Å². The van der Waals surface area contributed by atoms with Crippen molar-refractivity contribution >= 4 is 40.1 Å². The van der Waals surface area contributed by atoms with Crippen molar-refractivity contribution in [2.75, 3.05) is 39.6 Å². The fraction of sp³-hybridized carbons (Fsp3) is 0.660. The first-order chi connectivity index (χ1) is 29.7. The summed E-state index contributed by atoms with van der Waals surface area (Å²) in [5.41, 5.74) is -0.255. The van der Waals surface area contributed by atoms with Crippen LogP contribution in [0.15, 0.2) is 54.7 Å². The number of aromatic nitrogens is 1. The molecule has 0 bridgehead atoms. The van der Waals surface area contributed by atoms with Crippen LogP contribution in [0.4, 0.5) is 10.5 Å². The minimum absolute atomic E-state index is 0.127. The highest BCUT2D eigenvalue weighted by Crippen LogP contribution is 2.39.